The Morgan fingerprint density at radius 3 is 1.09 bits per heavy atom. The van der Waals surface area contributed by atoms with Crippen LogP contribution < -0.4 is 9.80 Å². The molecule has 56 heavy (non-hydrogen) atoms. The Kier molecular flexibility index (Phi) is 8.65. The number of rotatable bonds is 10. The second-order valence-corrected chi connectivity index (χ2v) is 15.0. The van der Waals surface area contributed by atoms with E-state index in [4.69, 9.17) is 0 Å². The van der Waals surface area contributed by atoms with Gasteiger partial charge in [-0.05, 0) is 160 Å². The van der Waals surface area contributed by atoms with Gasteiger partial charge >= 0.3 is 0 Å². The number of anilines is 6. The van der Waals surface area contributed by atoms with Gasteiger partial charge in [0.1, 0.15) is 0 Å². The number of nitrogens with zero attached hydrogens (tertiary/aromatic N) is 2. The molecule has 2 nitrogen and oxygen atoms in total. The van der Waals surface area contributed by atoms with Gasteiger partial charge in [-0.15, -0.1) is 0 Å². The molecule has 0 saturated carbocycles. The van der Waals surface area contributed by atoms with E-state index in [0.717, 1.165) is 39.7 Å². The molecule has 2 aliphatic carbocycles. The zero-order chi connectivity index (χ0) is 37.4. The van der Waals surface area contributed by atoms with Crippen LogP contribution in [0.15, 0.2) is 195 Å². The van der Waals surface area contributed by atoms with Gasteiger partial charge in [0.2, 0.25) is 0 Å². The van der Waals surface area contributed by atoms with Gasteiger partial charge in [-0.3, -0.25) is 0 Å². The molecule has 0 aliphatic heterocycles. The minimum Gasteiger partial charge on any atom is -0.310 e. The molecule has 0 aromatic heterocycles. The maximum Gasteiger partial charge on any atom is 0.0467 e. The lowest BCUT2D eigenvalue weighted by Crippen LogP contribution is -2.10. The summed E-state index contributed by atoms with van der Waals surface area (Å²) in [5.74, 6) is 0. The molecule has 0 radical (unpaired) electrons. The summed E-state index contributed by atoms with van der Waals surface area (Å²) in [6, 6.07) is 68.9. The lowest BCUT2D eigenvalue weighted by Gasteiger charge is -2.27. The van der Waals surface area contributed by atoms with Crippen LogP contribution in [0.5, 0.6) is 0 Å². The largest absolute Gasteiger partial charge is 0.310 e. The van der Waals surface area contributed by atoms with E-state index in [-0.39, 0.29) is 0 Å². The Morgan fingerprint density at radius 2 is 0.679 bits per heavy atom. The van der Waals surface area contributed by atoms with Crippen molar-refractivity contribution < 1.29 is 0 Å². The molecule has 0 N–H and O–H groups in total. The smallest absolute Gasteiger partial charge is 0.0467 e. The van der Waals surface area contributed by atoms with E-state index in [1.807, 2.05) is 6.08 Å². The number of hydrogen-bond donors (Lipinski definition) is 0. The summed E-state index contributed by atoms with van der Waals surface area (Å²) in [7, 11) is 0. The predicted molar refractivity (Wildman–Crippen MR) is 237 cm³/mol. The SMILES string of the molecule is C=Cc1ccc(N(c2ccc(-c3ccc(N(c4ccccc4)c4cccc(-c5ccc6c(c5)CC6)c4)cc3)cc2)c2cccc(-c3ccc4c(c3)CC4)c2)cc1. The van der Waals surface area contributed by atoms with Crippen molar-refractivity contribution in [3.63, 3.8) is 0 Å². The molecule has 0 saturated heterocycles. The second kappa shape index (κ2) is 14.4. The molecular weight excluding hydrogens is 677 g/mol. The summed E-state index contributed by atoms with van der Waals surface area (Å²) in [6.45, 7) is 3.97. The topological polar surface area (TPSA) is 6.48 Å². The molecule has 0 bridgehead atoms. The van der Waals surface area contributed by atoms with E-state index >= 15 is 0 Å². The molecule has 0 amide bonds. The fraction of sp³-hybridized carbons (Fsp3) is 0.0741. The van der Waals surface area contributed by atoms with Crippen LogP contribution in [0.1, 0.15) is 27.8 Å². The molecule has 0 spiro atoms. The number of hydrogen-bond acceptors (Lipinski definition) is 2. The first kappa shape index (κ1) is 33.7. The van der Waals surface area contributed by atoms with E-state index in [0.29, 0.717) is 0 Å². The maximum atomic E-state index is 3.97. The Hall–Kier alpha value is -6.90. The summed E-state index contributed by atoms with van der Waals surface area (Å²) in [5, 5.41) is 0. The van der Waals surface area contributed by atoms with Gasteiger partial charge in [0, 0.05) is 34.1 Å². The highest BCUT2D eigenvalue weighted by atomic mass is 15.1. The lowest BCUT2D eigenvalue weighted by atomic mass is 9.86. The monoisotopic (exact) mass is 718 g/mol. The molecule has 8 aromatic rings. The molecule has 2 heteroatoms. The van der Waals surface area contributed by atoms with Crippen molar-refractivity contribution in [1.82, 2.24) is 0 Å². The summed E-state index contributed by atoms with van der Waals surface area (Å²) in [4.78, 5) is 4.69. The minimum absolute atomic E-state index is 1.10. The fourth-order valence-electron chi connectivity index (χ4n) is 8.24. The van der Waals surface area contributed by atoms with Gasteiger partial charge in [0.05, 0.1) is 0 Å². The minimum atomic E-state index is 1.10. The Labute approximate surface area is 330 Å². The second-order valence-electron chi connectivity index (χ2n) is 15.0. The summed E-state index contributed by atoms with van der Waals surface area (Å²) in [6.07, 6.45) is 6.64. The Balaban J connectivity index is 0.965. The van der Waals surface area contributed by atoms with Crippen LogP contribution in [0.2, 0.25) is 0 Å². The van der Waals surface area contributed by atoms with Crippen LogP contribution in [0, 0.1) is 0 Å². The van der Waals surface area contributed by atoms with Crippen LogP contribution in [-0.4, -0.2) is 0 Å². The molecular formula is C54H42N2. The normalized spacial score (nSPS) is 12.4. The molecule has 0 atom stereocenters. The standard InChI is InChI=1S/C54H42N2/c1-2-38-14-28-50(29-15-38)56(54-13-7-9-44(37-54)48-23-19-42-17-21-46(42)35-48)52-32-26-40(27-33-52)39-24-30-51(31-25-39)55(49-10-4-3-5-11-49)53-12-6-8-43(36-53)47-22-18-41-16-20-45(41)34-47/h2-15,18-19,22-37H,1,16-17,20-21H2. The van der Waals surface area contributed by atoms with E-state index in [1.165, 1.54) is 81.3 Å². The van der Waals surface area contributed by atoms with Gasteiger partial charge in [0.25, 0.3) is 0 Å². The predicted octanol–water partition coefficient (Wildman–Crippen LogP) is 14.5. The van der Waals surface area contributed by atoms with Crippen LogP contribution >= 0.6 is 0 Å². The molecule has 0 fully saturated rings. The molecule has 0 unspecified atom stereocenters. The highest BCUT2D eigenvalue weighted by Gasteiger charge is 2.18. The molecule has 2 aliphatic rings. The third-order valence-electron chi connectivity index (χ3n) is 11.6. The number of para-hydroxylation sites is 1. The molecule has 268 valence electrons. The van der Waals surface area contributed by atoms with Crippen molar-refractivity contribution in [3.8, 4) is 33.4 Å². The average Bonchev–Trinajstić information content (AvgIpc) is 3.23. The Bertz CT molecular complexity index is 2690. The fourth-order valence-corrected chi connectivity index (χ4v) is 8.24. The van der Waals surface area contributed by atoms with E-state index in [1.54, 1.807) is 0 Å². The molecule has 10 rings (SSSR count). The van der Waals surface area contributed by atoms with Crippen molar-refractivity contribution in [2.75, 3.05) is 9.80 Å². The third-order valence-corrected chi connectivity index (χ3v) is 11.6. The summed E-state index contributed by atoms with van der Waals surface area (Å²) >= 11 is 0. The highest BCUT2D eigenvalue weighted by molar-refractivity contribution is 5.84. The Morgan fingerprint density at radius 1 is 0.304 bits per heavy atom. The van der Waals surface area contributed by atoms with Crippen LogP contribution in [0.3, 0.4) is 0 Å². The first-order valence-corrected chi connectivity index (χ1v) is 19.7. The zero-order valence-electron chi connectivity index (χ0n) is 31.4. The zero-order valence-corrected chi connectivity index (χ0v) is 31.4. The quantitative estimate of drug-likeness (QED) is 0.139. The third kappa shape index (κ3) is 6.40. The van der Waals surface area contributed by atoms with Crippen molar-refractivity contribution in [1.29, 1.82) is 0 Å². The van der Waals surface area contributed by atoms with Crippen LogP contribution in [0.4, 0.5) is 34.1 Å². The molecule has 0 heterocycles. The number of benzene rings is 8. The number of aryl methyl sites for hydroxylation is 4. The van der Waals surface area contributed by atoms with Gasteiger partial charge < -0.3 is 9.80 Å². The van der Waals surface area contributed by atoms with Crippen molar-refractivity contribution in [2.45, 2.75) is 25.7 Å². The van der Waals surface area contributed by atoms with E-state index in [9.17, 15) is 0 Å². The van der Waals surface area contributed by atoms with E-state index in [2.05, 4.69) is 204 Å². The van der Waals surface area contributed by atoms with E-state index < -0.39 is 0 Å². The number of fused-ring (bicyclic) bond motifs is 2. The van der Waals surface area contributed by atoms with Gasteiger partial charge in [0.15, 0.2) is 0 Å². The van der Waals surface area contributed by atoms with Crippen molar-refractivity contribution >= 4 is 40.2 Å². The van der Waals surface area contributed by atoms with Gasteiger partial charge in [-0.2, -0.15) is 0 Å². The van der Waals surface area contributed by atoms with Crippen molar-refractivity contribution in [3.05, 3.63) is 222 Å². The van der Waals surface area contributed by atoms with Gasteiger partial charge in [-0.1, -0.05) is 128 Å². The summed E-state index contributed by atoms with van der Waals surface area (Å²) < 4.78 is 0. The molecule has 8 aromatic carbocycles. The first-order valence-electron chi connectivity index (χ1n) is 19.7. The summed E-state index contributed by atoms with van der Waals surface area (Å²) in [5.41, 5.74) is 21.1. The van der Waals surface area contributed by atoms with Crippen LogP contribution in [0.25, 0.3) is 39.5 Å². The lowest BCUT2D eigenvalue weighted by molar-refractivity contribution is 0.840. The first-order chi connectivity index (χ1) is 27.7. The maximum absolute atomic E-state index is 3.97. The van der Waals surface area contributed by atoms with Crippen molar-refractivity contribution in [2.24, 2.45) is 0 Å². The highest BCUT2D eigenvalue weighted by Crippen LogP contribution is 2.41. The van der Waals surface area contributed by atoms with Crippen LogP contribution in [-0.2, 0) is 25.7 Å². The average molecular weight is 719 g/mol. The van der Waals surface area contributed by atoms with Gasteiger partial charge in [-0.25, -0.2) is 0 Å².